The molecule has 1 amide bonds. The van der Waals surface area contributed by atoms with Gasteiger partial charge in [0.15, 0.2) is 5.82 Å². The number of amides is 1. The molecule has 0 radical (unpaired) electrons. The lowest BCUT2D eigenvalue weighted by atomic mass is 9.92. The van der Waals surface area contributed by atoms with Crippen molar-refractivity contribution in [3.8, 4) is 0 Å². The first-order chi connectivity index (χ1) is 15.1. The van der Waals surface area contributed by atoms with Crippen LogP contribution in [0.3, 0.4) is 0 Å². The first-order valence-corrected chi connectivity index (χ1v) is 10.3. The van der Waals surface area contributed by atoms with Gasteiger partial charge in [0.25, 0.3) is 0 Å². The summed E-state index contributed by atoms with van der Waals surface area (Å²) in [5.41, 5.74) is -1.08. The van der Waals surface area contributed by atoms with Crippen LogP contribution >= 0.6 is 0 Å². The van der Waals surface area contributed by atoms with Crippen LogP contribution in [-0.4, -0.2) is 38.2 Å². The second-order valence-corrected chi connectivity index (χ2v) is 8.36. The average molecular weight is 448 g/mol. The molecule has 1 saturated heterocycles. The topological polar surface area (TPSA) is 84.5 Å². The van der Waals surface area contributed by atoms with Crippen molar-refractivity contribution in [1.29, 1.82) is 0 Å². The van der Waals surface area contributed by atoms with E-state index in [2.05, 4.69) is 34.1 Å². The largest absolute Gasteiger partial charge is 0.416 e. The van der Waals surface area contributed by atoms with E-state index in [0.717, 1.165) is 36.3 Å². The number of nitrogens with one attached hydrogen (secondary N) is 1. The third-order valence-electron chi connectivity index (χ3n) is 5.42. The Morgan fingerprint density at radius 1 is 1.22 bits per heavy atom. The van der Waals surface area contributed by atoms with Gasteiger partial charge in [-0.05, 0) is 36.5 Å². The smallest absolute Gasteiger partial charge is 0.353 e. The SMILES string of the molecule is C[C@H]1C[C@H](C)CN(c2nccn3c(=O)n(CC(=O)Nc4cccc(C(F)(F)F)c4)nc23)C1. The number of rotatable bonds is 4. The van der Waals surface area contributed by atoms with Crippen LogP contribution in [0.15, 0.2) is 41.5 Å². The number of nitrogens with zero attached hydrogens (tertiary/aromatic N) is 5. The summed E-state index contributed by atoms with van der Waals surface area (Å²) < 4.78 is 41.0. The zero-order chi connectivity index (χ0) is 23.0. The number of hydrogen-bond acceptors (Lipinski definition) is 5. The molecule has 170 valence electrons. The number of piperidine rings is 1. The van der Waals surface area contributed by atoms with E-state index >= 15 is 0 Å². The van der Waals surface area contributed by atoms with Crippen LogP contribution in [0, 0.1) is 11.8 Å². The summed E-state index contributed by atoms with van der Waals surface area (Å²) in [6.07, 6.45) is -0.419. The van der Waals surface area contributed by atoms with Gasteiger partial charge in [0.1, 0.15) is 6.54 Å². The van der Waals surface area contributed by atoms with Crippen molar-refractivity contribution in [2.24, 2.45) is 11.8 Å². The molecule has 4 rings (SSSR count). The maximum atomic E-state index is 12.9. The Hall–Kier alpha value is -3.37. The Balaban J connectivity index is 1.57. The van der Waals surface area contributed by atoms with Gasteiger partial charge >= 0.3 is 11.9 Å². The van der Waals surface area contributed by atoms with Crippen LogP contribution in [0.2, 0.25) is 0 Å². The molecule has 1 aliphatic rings. The monoisotopic (exact) mass is 448 g/mol. The minimum Gasteiger partial charge on any atom is -0.353 e. The fraction of sp³-hybridized carbons (Fsp3) is 0.429. The van der Waals surface area contributed by atoms with Crippen molar-refractivity contribution in [1.82, 2.24) is 19.2 Å². The van der Waals surface area contributed by atoms with Crippen LogP contribution in [0.25, 0.3) is 5.65 Å². The number of halogens is 3. The molecule has 0 aliphatic carbocycles. The van der Waals surface area contributed by atoms with Crippen LogP contribution in [0.1, 0.15) is 25.8 Å². The standard InChI is InChI=1S/C21H23F3N6O2/c1-13-8-14(2)11-28(10-13)18-19-27-30(20(32)29(19)7-6-25-18)12-17(31)26-16-5-3-4-15(9-16)21(22,23)24/h3-7,9,13-14H,8,10-12H2,1-2H3,(H,26,31)/t13-,14-/m0/s1. The quantitative estimate of drug-likeness (QED) is 0.663. The van der Waals surface area contributed by atoms with E-state index in [9.17, 15) is 22.8 Å². The number of fused-ring (bicyclic) bond motifs is 1. The van der Waals surface area contributed by atoms with E-state index < -0.39 is 29.9 Å². The highest BCUT2D eigenvalue weighted by Crippen LogP contribution is 2.30. The lowest BCUT2D eigenvalue weighted by Gasteiger charge is -2.35. The third-order valence-corrected chi connectivity index (χ3v) is 5.42. The lowest BCUT2D eigenvalue weighted by Crippen LogP contribution is -2.39. The number of aromatic nitrogens is 4. The van der Waals surface area contributed by atoms with E-state index in [-0.39, 0.29) is 5.69 Å². The molecule has 1 aromatic carbocycles. The first-order valence-electron chi connectivity index (χ1n) is 10.3. The van der Waals surface area contributed by atoms with Gasteiger partial charge in [0.05, 0.1) is 5.56 Å². The zero-order valence-electron chi connectivity index (χ0n) is 17.6. The fourth-order valence-corrected chi connectivity index (χ4v) is 4.21. The van der Waals surface area contributed by atoms with Crippen LogP contribution in [-0.2, 0) is 17.5 Å². The second kappa shape index (κ2) is 8.29. The molecule has 11 heteroatoms. The maximum absolute atomic E-state index is 12.9. The van der Waals surface area contributed by atoms with Crippen molar-refractivity contribution in [3.63, 3.8) is 0 Å². The van der Waals surface area contributed by atoms with Gasteiger partial charge in [-0.25, -0.2) is 18.9 Å². The molecule has 1 fully saturated rings. The predicted octanol–water partition coefficient (Wildman–Crippen LogP) is 3.03. The fourth-order valence-electron chi connectivity index (χ4n) is 4.21. The zero-order valence-corrected chi connectivity index (χ0v) is 17.6. The van der Waals surface area contributed by atoms with E-state index in [1.54, 1.807) is 0 Å². The van der Waals surface area contributed by atoms with Gasteiger partial charge in [-0.15, -0.1) is 5.10 Å². The average Bonchev–Trinajstić information content (AvgIpc) is 3.02. The molecule has 1 N–H and O–H groups in total. The van der Waals surface area contributed by atoms with Gasteiger partial charge in [0.2, 0.25) is 11.6 Å². The highest BCUT2D eigenvalue weighted by molar-refractivity contribution is 5.90. The first kappa shape index (κ1) is 21.8. The summed E-state index contributed by atoms with van der Waals surface area (Å²) in [5, 5.41) is 6.69. The molecule has 2 aromatic heterocycles. The third kappa shape index (κ3) is 4.46. The van der Waals surface area contributed by atoms with E-state index in [1.165, 1.54) is 28.9 Å². The van der Waals surface area contributed by atoms with E-state index in [4.69, 9.17) is 0 Å². The molecule has 1 aliphatic heterocycles. The molecule has 3 aromatic rings. The molecule has 3 heterocycles. The molecular formula is C21H23F3N6O2. The Kier molecular flexibility index (Phi) is 5.66. The van der Waals surface area contributed by atoms with E-state index in [1.807, 2.05) is 0 Å². The number of hydrogen-bond donors (Lipinski definition) is 1. The molecule has 0 unspecified atom stereocenters. The van der Waals surface area contributed by atoms with Gasteiger partial charge in [0, 0.05) is 31.2 Å². The van der Waals surface area contributed by atoms with Crippen molar-refractivity contribution in [2.45, 2.75) is 33.0 Å². The maximum Gasteiger partial charge on any atom is 0.416 e. The van der Waals surface area contributed by atoms with Crippen LogP contribution in [0.5, 0.6) is 0 Å². The summed E-state index contributed by atoms with van der Waals surface area (Å²) in [4.78, 5) is 31.7. The van der Waals surface area contributed by atoms with Crippen molar-refractivity contribution < 1.29 is 18.0 Å². The molecule has 8 nitrogen and oxygen atoms in total. The number of alkyl halides is 3. The molecule has 32 heavy (non-hydrogen) atoms. The number of carbonyl (C=O) groups excluding carboxylic acids is 1. The van der Waals surface area contributed by atoms with Crippen molar-refractivity contribution >= 4 is 23.1 Å². The lowest BCUT2D eigenvalue weighted by molar-refractivity contribution is -0.137. The summed E-state index contributed by atoms with van der Waals surface area (Å²) in [6, 6.07) is 4.30. The normalized spacial score (nSPS) is 19.3. The minimum atomic E-state index is -4.52. The highest BCUT2D eigenvalue weighted by Gasteiger charge is 2.30. The summed E-state index contributed by atoms with van der Waals surface area (Å²) in [6.45, 7) is 5.45. The molecule has 0 bridgehead atoms. The van der Waals surface area contributed by atoms with Gasteiger partial charge in [-0.1, -0.05) is 19.9 Å². The van der Waals surface area contributed by atoms with Crippen molar-refractivity contribution in [3.05, 3.63) is 52.7 Å². The number of carbonyl (C=O) groups is 1. The van der Waals surface area contributed by atoms with Crippen molar-refractivity contribution in [2.75, 3.05) is 23.3 Å². The Labute approximate surface area is 181 Å². The number of benzene rings is 1. The molecule has 0 saturated carbocycles. The van der Waals surface area contributed by atoms with Crippen LogP contribution in [0.4, 0.5) is 24.7 Å². The summed E-state index contributed by atoms with van der Waals surface area (Å²) >= 11 is 0. The summed E-state index contributed by atoms with van der Waals surface area (Å²) in [7, 11) is 0. The minimum absolute atomic E-state index is 0.0136. The molecule has 0 spiro atoms. The Morgan fingerprint density at radius 3 is 2.62 bits per heavy atom. The predicted molar refractivity (Wildman–Crippen MR) is 112 cm³/mol. The van der Waals surface area contributed by atoms with Gasteiger partial charge in [-0.3, -0.25) is 4.79 Å². The van der Waals surface area contributed by atoms with Crippen LogP contribution < -0.4 is 15.9 Å². The number of anilines is 2. The van der Waals surface area contributed by atoms with Gasteiger partial charge in [-0.2, -0.15) is 13.2 Å². The second-order valence-electron chi connectivity index (χ2n) is 8.36. The Morgan fingerprint density at radius 2 is 1.94 bits per heavy atom. The highest BCUT2D eigenvalue weighted by atomic mass is 19.4. The summed E-state index contributed by atoms with van der Waals surface area (Å²) in [5.74, 6) is 0.838. The Bertz CT molecular complexity index is 1190. The van der Waals surface area contributed by atoms with E-state index in [0.29, 0.717) is 23.3 Å². The molecule has 2 atom stereocenters. The van der Waals surface area contributed by atoms with Gasteiger partial charge < -0.3 is 10.2 Å². The molecular weight excluding hydrogens is 425 g/mol.